The minimum absolute atomic E-state index is 0.122. The number of hydrogen-bond donors (Lipinski definition) is 1. The molecular formula is C20H18ClN3O2. The van der Waals surface area contributed by atoms with E-state index in [9.17, 15) is 9.90 Å². The fraction of sp³-hybridized carbons (Fsp3) is 0.200. The lowest BCUT2D eigenvalue weighted by atomic mass is 9.88. The Morgan fingerprint density at radius 2 is 1.88 bits per heavy atom. The Labute approximate surface area is 156 Å². The van der Waals surface area contributed by atoms with Crippen LogP contribution in [0.2, 0.25) is 5.02 Å². The summed E-state index contributed by atoms with van der Waals surface area (Å²) in [6.45, 7) is 0. The number of hydrogen-bond acceptors (Lipinski definition) is 3. The van der Waals surface area contributed by atoms with Gasteiger partial charge in [-0.05, 0) is 54.8 Å². The Morgan fingerprint density at radius 3 is 2.54 bits per heavy atom. The predicted molar refractivity (Wildman–Crippen MR) is 103 cm³/mol. The van der Waals surface area contributed by atoms with Crippen LogP contribution in [-0.2, 0) is 12.8 Å². The molecule has 0 amide bonds. The molecule has 0 aliphatic heterocycles. The van der Waals surface area contributed by atoms with E-state index >= 15 is 0 Å². The molecule has 0 radical (unpaired) electrons. The number of halogens is 1. The minimum atomic E-state index is -0.998. The molecule has 6 heteroatoms. The van der Waals surface area contributed by atoms with Crippen LogP contribution < -0.4 is 4.90 Å². The first-order chi connectivity index (χ1) is 12.5. The van der Waals surface area contributed by atoms with Crippen molar-refractivity contribution in [3.05, 3.63) is 64.3 Å². The van der Waals surface area contributed by atoms with E-state index in [2.05, 4.69) is 22.1 Å². The Morgan fingerprint density at radius 1 is 1.15 bits per heavy atom. The molecule has 1 heterocycles. The molecule has 0 fully saturated rings. The second kappa shape index (κ2) is 6.18. The first-order valence-corrected chi connectivity index (χ1v) is 8.75. The fourth-order valence-corrected chi connectivity index (χ4v) is 3.59. The van der Waals surface area contributed by atoms with Gasteiger partial charge in [0, 0.05) is 35.9 Å². The quantitative estimate of drug-likeness (QED) is 0.758. The van der Waals surface area contributed by atoms with Gasteiger partial charge in [0.1, 0.15) is 0 Å². The number of fused-ring (bicyclic) bond motifs is 3. The van der Waals surface area contributed by atoms with Crippen LogP contribution in [0.3, 0.4) is 0 Å². The number of aromatic nitrogens is 2. The first kappa shape index (κ1) is 16.7. The summed E-state index contributed by atoms with van der Waals surface area (Å²) in [6, 6.07) is 13.5. The standard InChI is InChI=1S/C20H18ClN3O2/c1-23(2)15-8-10-16-12(11-15)3-9-17-18(20(25)26)22-24(19(16)17)14-6-4-13(21)5-7-14/h4-8,10-11H,3,9H2,1-2H3,(H,25,26). The third-order valence-electron chi connectivity index (χ3n) is 4.76. The van der Waals surface area contributed by atoms with Gasteiger partial charge in [-0.1, -0.05) is 17.7 Å². The SMILES string of the molecule is CN(C)c1ccc2c(c1)CCc1c(C(=O)O)nn(-c3ccc(Cl)cc3)c1-2. The maximum atomic E-state index is 11.7. The molecular weight excluding hydrogens is 350 g/mol. The van der Waals surface area contributed by atoms with Gasteiger partial charge in [-0.15, -0.1) is 0 Å². The molecule has 1 aliphatic rings. The van der Waals surface area contributed by atoms with E-state index in [-0.39, 0.29) is 5.69 Å². The highest BCUT2D eigenvalue weighted by molar-refractivity contribution is 6.30. The Hall–Kier alpha value is -2.79. The molecule has 26 heavy (non-hydrogen) atoms. The zero-order valence-electron chi connectivity index (χ0n) is 14.5. The Bertz CT molecular complexity index is 1010. The second-order valence-corrected chi connectivity index (χ2v) is 7.04. The van der Waals surface area contributed by atoms with Crippen molar-refractivity contribution in [2.75, 3.05) is 19.0 Å². The topological polar surface area (TPSA) is 58.4 Å². The molecule has 1 aliphatic carbocycles. The highest BCUT2D eigenvalue weighted by atomic mass is 35.5. The largest absolute Gasteiger partial charge is 0.476 e. The molecule has 0 unspecified atom stereocenters. The van der Waals surface area contributed by atoms with Crippen LogP contribution in [0.1, 0.15) is 21.6 Å². The molecule has 0 spiro atoms. The van der Waals surface area contributed by atoms with Crippen LogP contribution in [0.25, 0.3) is 16.9 Å². The van der Waals surface area contributed by atoms with Crippen molar-refractivity contribution in [2.45, 2.75) is 12.8 Å². The third-order valence-corrected chi connectivity index (χ3v) is 5.01. The number of nitrogens with zero attached hydrogens (tertiary/aromatic N) is 3. The first-order valence-electron chi connectivity index (χ1n) is 8.37. The summed E-state index contributed by atoms with van der Waals surface area (Å²) >= 11 is 6.00. The highest BCUT2D eigenvalue weighted by Crippen LogP contribution is 2.38. The van der Waals surface area contributed by atoms with E-state index in [0.717, 1.165) is 34.6 Å². The van der Waals surface area contributed by atoms with Gasteiger partial charge in [0.15, 0.2) is 5.69 Å². The zero-order chi connectivity index (χ0) is 18.4. The van der Waals surface area contributed by atoms with E-state index < -0.39 is 5.97 Å². The monoisotopic (exact) mass is 367 g/mol. The molecule has 0 saturated carbocycles. The maximum absolute atomic E-state index is 11.7. The van der Waals surface area contributed by atoms with E-state index in [1.165, 1.54) is 5.56 Å². The number of aryl methyl sites for hydroxylation is 1. The van der Waals surface area contributed by atoms with Gasteiger partial charge in [0.2, 0.25) is 0 Å². The van der Waals surface area contributed by atoms with Crippen LogP contribution in [0, 0.1) is 0 Å². The summed E-state index contributed by atoms with van der Waals surface area (Å²) in [6.07, 6.45) is 1.46. The zero-order valence-corrected chi connectivity index (χ0v) is 15.3. The van der Waals surface area contributed by atoms with E-state index in [1.54, 1.807) is 16.8 Å². The highest BCUT2D eigenvalue weighted by Gasteiger charge is 2.29. The second-order valence-electron chi connectivity index (χ2n) is 6.61. The molecule has 0 bridgehead atoms. The average molecular weight is 368 g/mol. The van der Waals surface area contributed by atoms with Crippen LogP contribution in [0.5, 0.6) is 0 Å². The third kappa shape index (κ3) is 2.65. The lowest BCUT2D eigenvalue weighted by Gasteiger charge is -2.21. The number of benzene rings is 2. The van der Waals surface area contributed by atoms with Gasteiger partial charge in [-0.2, -0.15) is 5.10 Å². The molecule has 4 rings (SSSR count). The molecule has 0 atom stereocenters. The Balaban J connectivity index is 1.96. The number of rotatable bonds is 3. The number of carbonyl (C=O) groups is 1. The van der Waals surface area contributed by atoms with Crippen LogP contribution >= 0.6 is 11.6 Å². The van der Waals surface area contributed by atoms with E-state index in [4.69, 9.17) is 11.6 Å². The van der Waals surface area contributed by atoms with Crippen LogP contribution in [0.15, 0.2) is 42.5 Å². The van der Waals surface area contributed by atoms with Crippen molar-refractivity contribution >= 4 is 23.3 Å². The van der Waals surface area contributed by atoms with Crippen molar-refractivity contribution in [1.82, 2.24) is 9.78 Å². The Kier molecular flexibility index (Phi) is 3.96. The van der Waals surface area contributed by atoms with Gasteiger partial charge < -0.3 is 10.0 Å². The maximum Gasteiger partial charge on any atom is 0.356 e. The normalized spacial score (nSPS) is 12.4. The summed E-state index contributed by atoms with van der Waals surface area (Å²) in [7, 11) is 4.02. The van der Waals surface area contributed by atoms with Crippen molar-refractivity contribution in [3.63, 3.8) is 0 Å². The summed E-state index contributed by atoms with van der Waals surface area (Å²) in [5.41, 5.74) is 5.93. The van der Waals surface area contributed by atoms with Crippen molar-refractivity contribution in [3.8, 4) is 16.9 Å². The van der Waals surface area contributed by atoms with Crippen LogP contribution in [0.4, 0.5) is 5.69 Å². The minimum Gasteiger partial charge on any atom is -0.476 e. The smallest absolute Gasteiger partial charge is 0.356 e. The van der Waals surface area contributed by atoms with E-state index in [1.807, 2.05) is 32.3 Å². The number of carboxylic acids is 1. The van der Waals surface area contributed by atoms with Crippen molar-refractivity contribution in [2.24, 2.45) is 0 Å². The molecule has 5 nitrogen and oxygen atoms in total. The molecule has 132 valence electrons. The van der Waals surface area contributed by atoms with Gasteiger partial charge in [-0.25, -0.2) is 9.48 Å². The van der Waals surface area contributed by atoms with Gasteiger partial charge >= 0.3 is 5.97 Å². The summed E-state index contributed by atoms with van der Waals surface area (Å²) in [5, 5.41) is 14.6. The average Bonchev–Trinajstić information content (AvgIpc) is 3.02. The molecule has 1 aromatic heterocycles. The van der Waals surface area contributed by atoms with Crippen LogP contribution in [-0.4, -0.2) is 35.0 Å². The molecule has 0 saturated heterocycles. The van der Waals surface area contributed by atoms with Gasteiger partial charge in [0.05, 0.1) is 11.4 Å². The molecule has 1 N–H and O–H groups in total. The van der Waals surface area contributed by atoms with Gasteiger partial charge in [-0.3, -0.25) is 0 Å². The summed E-state index contributed by atoms with van der Waals surface area (Å²) in [4.78, 5) is 13.8. The summed E-state index contributed by atoms with van der Waals surface area (Å²) < 4.78 is 1.72. The number of anilines is 1. The number of carboxylic acid groups (broad SMARTS) is 1. The molecule has 2 aromatic carbocycles. The van der Waals surface area contributed by atoms with Gasteiger partial charge in [0.25, 0.3) is 0 Å². The predicted octanol–water partition coefficient (Wildman–Crippen LogP) is 4.06. The number of aromatic carboxylic acids is 1. The molecule has 3 aromatic rings. The summed E-state index contributed by atoms with van der Waals surface area (Å²) in [5.74, 6) is -0.998. The van der Waals surface area contributed by atoms with Crippen molar-refractivity contribution < 1.29 is 9.90 Å². The lowest BCUT2D eigenvalue weighted by molar-refractivity contribution is 0.0688. The lowest BCUT2D eigenvalue weighted by Crippen LogP contribution is -2.12. The fourth-order valence-electron chi connectivity index (χ4n) is 3.46. The van der Waals surface area contributed by atoms with Crippen molar-refractivity contribution in [1.29, 1.82) is 0 Å². The van der Waals surface area contributed by atoms with E-state index in [0.29, 0.717) is 11.4 Å².